The van der Waals surface area contributed by atoms with Gasteiger partial charge in [-0.3, -0.25) is 0 Å². The van der Waals surface area contributed by atoms with Crippen LogP contribution in [0.1, 0.15) is 19.4 Å². The number of anilines is 2. The Kier molecular flexibility index (Phi) is 4.62. The molecule has 0 spiro atoms. The molecule has 16 heavy (non-hydrogen) atoms. The minimum Gasteiger partial charge on any atom is -0.397 e. The molecule has 1 aromatic rings. The molecule has 0 fully saturated rings. The monoisotopic (exact) mass is 219 g/mol. The summed E-state index contributed by atoms with van der Waals surface area (Å²) in [6.07, 6.45) is 0. The molecule has 0 saturated carbocycles. The van der Waals surface area contributed by atoms with Crippen molar-refractivity contribution in [2.45, 2.75) is 19.9 Å². The van der Waals surface area contributed by atoms with Gasteiger partial charge in [-0.05, 0) is 32.0 Å². The number of ether oxygens (including phenoxy) is 1. The number of nitriles is 1. The fraction of sp³-hybridized carbons (Fsp3) is 0.417. The van der Waals surface area contributed by atoms with Crippen LogP contribution < -0.4 is 11.1 Å². The average molecular weight is 219 g/mol. The maximum absolute atomic E-state index is 8.70. The summed E-state index contributed by atoms with van der Waals surface area (Å²) >= 11 is 0. The highest BCUT2D eigenvalue weighted by molar-refractivity contribution is 5.68. The number of hydrogen-bond acceptors (Lipinski definition) is 4. The minimum atomic E-state index is 0.190. The highest BCUT2D eigenvalue weighted by atomic mass is 16.5. The maximum Gasteiger partial charge on any atom is 0.0992 e. The van der Waals surface area contributed by atoms with E-state index in [2.05, 4.69) is 11.4 Å². The molecular weight excluding hydrogens is 202 g/mol. The number of benzene rings is 1. The number of nitrogens with zero attached hydrogens (tertiary/aromatic N) is 1. The highest BCUT2D eigenvalue weighted by Crippen LogP contribution is 2.20. The summed E-state index contributed by atoms with van der Waals surface area (Å²) < 4.78 is 5.30. The van der Waals surface area contributed by atoms with Crippen LogP contribution in [-0.2, 0) is 4.74 Å². The van der Waals surface area contributed by atoms with Crippen molar-refractivity contribution in [3.8, 4) is 6.07 Å². The van der Waals surface area contributed by atoms with E-state index in [-0.39, 0.29) is 6.04 Å². The molecule has 86 valence electrons. The van der Waals surface area contributed by atoms with Crippen LogP contribution in [0.25, 0.3) is 0 Å². The average Bonchev–Trinajstić information content (AvgIpc) is 2.29. The number of nitrogens with two attached hydrogens (primary N) is 1. The summed E-state index contributed by atoms with van der Waals surface area (Å²) in [6.45, 7) is 5.32. The van der Waals surface area contributed by atoms with Crippen LogP contribution in [0, 0.1) is 11.3 Å². The lowest BCUT2D eigenvalue weighted by Gasteiger charge is -2.16. The first-order valence-electron chi connectivity index (χ1n) is 5.31. The van der Waals surface area contributed by atoms with E-state index in [0.29, 0.717) is 24.5 Å². The zero-order chi connectivity index (χ0) is 12.0. The van der Waals surface area contributed by atoms with Gasteiger partial charge in [0.2, 0.25) is 0 Å². The Hall–Kier alpha value is -1.73. The normalized spacial score (nSPS) is 11.8. The Bertz CT molecular complexity index is 384. The lowest BCUT2D eigenvalue weighted by Crippen LogP contribution is -2.22. The Morgan fingerprint density at radius 1 is 1.56 bits per heavy atom. The zero-order valence-corrected chi connectivity index (χ0v) is 9.66. The van der Waals surface area contributed by atoms with Gasteiger partial charge in [0.25, 0.3) is 0 Å². The van der Waals surface area contributed by atoms with Gasteiger partial charge in [0.05, 0.1) is 29.6 Å². The van der Waals surface area contributed by atoms with Crippen molar-refractivity contribution < 1.29 is 4.74 Å². The van der Waals surface area contributed by atoms with Crippen LogP contribution in [-0.4, -0.2) is 19.3 Å². The fourth-order valence-electron chi connectivity index (χ4n) is 1.37. The van der Waals surface area contributed by atoms with Gasteiger partial charge in [-0.1, -0.05) is 0 Å². The molecule has 0 saturated heterocycles. The van der Waals surface area contributed by atoms with E-state index in [1.165, 1.54) is 0 Å². The predicted octanol–water partition coefficient (Wildman–Crippen LogP) is 1.98. The lowest BCUT2D eigenvalue weighted by atomic mass is 10.2. The first kappa shape index (κ1) is 12.3. The summed E-state index contributed by atoms with van der Waals surface area (Å²) in [5.74, 6) is 0. The quantitative estimate of drug-likeness (QED) is 0.743. The Balaban J connectivity index is 2.64. The van der Waals surface area contributed by atoms with Crippen molar-refractivity contribution in [1.29, 1.82) is 5.26 Å². The van der Waals surface area contributed by atoms with E-state index in [9.17, 15) is 0 Å². The van der Waals surface area contributed by atoms with Crippen molar-refractivity contribution in [1.82, 2.24) is 0 Å². The third-order valence-corrected chi connectivity index (χ3v) is 2.15. The topological polar surface area (TPSA) is 71.1 Å². The molecule has 0 aliphatic rings. The molecule has 0 aromatic heterocycles. The van der Waals surface area contributed by atoms with Gasteiger partial charge in [0.1, 0.15) is 0 Å². The van der Waals surface area contributed by atoms with Gasteiger partial charge in [0, 0.05) is 12.6 Å². The Labute approximate surface area is 96.0 Å². The molecular formula is C12H17N3O. The van der Waals surface area contributed by atoms with Crippen LogP contribution >= 0.6 is 0 Å². The van der Waals surface area contributed by atoms with E-state index < -0.39 is 0 Å². The molecule has 0 amide bonds. The molecule has 1 unspecified atom stereocenters. The second kappa shape index (κ2) is 5.99. The van der Waals surface area contributed by atoms with Gasteiger partial charge < -0.3 is 15.8 Å². The standard InChI is InChI=1S/C12H17N3O/c1-3-16-8-9(2)15-12-5-4-10(7-13)6-11(12)14/h4-6,9,15H,3,8,14H2,1-2H3. The molecule has 3 N–H and O–H groups in total. The smallest absolute Gasteiger partial charge is 0.0992 e. The van der Waals surface area contributed by atoms with E-state index in [4.69, 9.17) is 15.7 Å². The van der Waals surface area contributed by atoms with Crippen molar-refractivity contribution >= 4 is 11.4 Å². The van der Waals surface area contributed by atoms with Gasteiger partial charge >= 0.3 is 0 Å². The lowest BCUT2D eigenvalue weighted by molar-refractivity contribution is 0.141. The summed E-state index contributed by atoms with van der Waals surface area (Å²) in [5.41, 5.74) is 7.81. The molecule has 1 rings (SSSR count). The van der Waals surface area contributed by atoms with Crippen LogP contribution in [0.5, 0.6) is 0 Å². The second-order valence-electron chi connectivity index (χ2n) is 3.62. The first-order chi connectivity index (χ1) is 7.67. The Morgan fingerprint density at radius 3 is 2.88 bits per heavy atom. The van der Waals surface area contributed by atoms with Crippen LogP contribution in [0.3, 0.4) is 0 Å². The molecule has 0 radical (unpaired) electrons. The summed E-state index contributed by atoms with van der Waals surface area (Å²) in [6, 6.07) is 7.46. The van der Waals surface area contributed by atoms with Crippen molar-refractivity contribution in [3.63, 3.8) is 0 Å². The largest absolute Gasteiger partial charge is 0.397 e. The van der Waals surface area contributed by atoms with E-state index in [1.807, 2.05) is 19.9 Å². The van der Waals surface area contributed by atoms with Gasteiger partial charge in [-0.2, -0.15) is 5.26 Å². The minimum absolute atomic E-state index is 0.190. The molecule has 4 heteroatoms. The van der Waals surface area contributed by atoms with Gasteiger partial charge in [-0.25, -0.2) is 0 Å². The van der Waals surface area contributed by atoms with Crippen molar-refractivity contribution in [3.05, 3.63) is 23.8 Å². The van der Waals surface area contributed by atoms with Crippen molar-refractivity contribution in [2.24, 2.45) is 0 Å². The Morgan fingerprint density at radius 2 is 2.31 bits per heavy atom. The molecule has 1 aromatic carbocycles. The number of hydrogen-bond donors (Lipinski definition) is 2. The maximum atomic E-state index is 8.70. The van der Waals surface area contributed by atoms with Crippen LogP contribution in [0.2, 0.25) is 0 Å². The summed E-state index contributed by atoms with van der Waals surface area (Å²) in [5, 5.41) is 11.9. The third-order valence-electron chi connectivity index (χ3n) is 2.15. The van der Waals surface area contributed by atoms with E-state index in [1.54, 1.807) is 12.1 Å². The molecule has 4 nitrogen and oxygen atoms in total. The molecule has 0 aliphatic heterocycles. The van der Waals surface area contributed by atoms with Gasteiger partial charge in [0.15, 0.2) is 0 Å². The number of nitrogens with one attached hydrogen (secondary N) is 1. The molecule has 0 heterocycles. The van der Waals surface area contributed by atoms with E-state index >= 15 is 0 Å². The fourth-order valence-corrected chi connectivity index (χ4v) is 1.37. The van der Waals surface area contributed by atoms with Crippen LogP contribution in [0.4, 0.5) is 11.4 Å². The zero-order valence-electron chi connectivity index (χ0n) is 9.66. The molecule has 0 bridgehead atoms. The number of rotatable bonds is 5. The molecule has 1 atom stereocenters. The van der Waals surface area contributed by atoms with Crippen LogP contribution in [0.15, 0.2) is 18.2 Å². The summed E-state index contributed by atoms with van der Waals surface area (Å²) in [7, 11) is 0. The van der Waals surface area contributed by atoms with Crippen molar-refractivity contribution in [2.75, 3.05) is 24.3 Å². The first-order valence-corrected chi connectivity index (χ1v) is 5.31. The second-order valence-corrected chi connectivity index (χ2v) is 3.62. The number of nitrogen functional groups attached to an aromatic ring is 1. The highest BCUT2D eigenvalue weighted by Gasteiger charge is 2.05. The third kappa shape index (κ3) is 3.44. The molecule has 0 aliphatic carbocycles. The SMILES string of the molecule is CCOCC(C)Nc1ccc(C#N)cc1N. The summed E-state index contributed by atoms with van der Waals surface area (Å²) in [4.78, 5) is 0. The van der Waals surface area contributed by atoms with Gasteiger partial charge in [-0.15, -0.1) is 0 Å². The van der Waals surface area contributed by atoms with E-state index in [0.717, 1.165) is 5.69 Å². The predicted molar refractivity (Wildman–Crippen MR) is 65.1 cm³/mol.